The maximum atomic E-state index is 12.2. The highest BCUT2D eigenvalue weighted by atomic mass is 32.1. The summed E-state index contributed by atoms with van der Waals surface area (Å²) >= 11 is 1.29. The van der Waals surface area contributed by atoms with Crippen molar-refractivity contribution in [2.75, 3.05) is 31.5 Å². The van der Waals surface area contributed by atoms with Gasteiger partial charge < -0.3 is 4.90 Å². The van der Waals surface area contributed by atoms with Crippen molar-refractivity contribution in [1.29, 1.82) is 0 Å². The topological polar surface area (TPSA) is 65.5 Å². The minimum Gasteiger partial charge on any atom is -0.332 e. The van der Waals surface area contributed by atoms with Crippen LogP contribution in [0.25, 0.3) is 0 Å². The number of hydrogen-bond acceptors (Lipinski definition) is 5. The minimum atomic E-state index is -0.614. The number of carbonyl (C=O) groups is 2. The van der Waals surface area contributed by atoms with Crippen LogP contribution in [0.4, 0.5) is 5.13 Å². The van der Waals surface area contributed by atoms with Crippen molar-refractivity contribution in [3.8, 4) is 0 Å². The second kappa shape index (κ2) is 7.34. The predicted molar refractivity (Wildman–Crippen MR) is 89.0 cm³/mol. The number of nitrogens with zero attached hydrogens (tertiary/aromatic N) is 3. The molecule has 1 fully saturated rings. The summed E-state index contributed by atoms with van der Waals surface area (Å²) < 4.78 is 0. The van der Waals surface area contributed by atoms with Crippen LogP contribution >= 0.6 is 11.3 Å². The average Bonchev–Trinajstić information content (AvgIpc) is 3.09. The molecule has 2 heterocycles. The first kappa shape index (κ1) is 15.6. The van der Waals surface area contributed by atoms with Crippen LogP contribution in [0.15, 0.2) is 41.9 Å². The smallest absolute Gasteiger partial charge is 0.315 e. The zero-order chi connectivity index (χ0) is 16.1. The number of nitrogens with one attached hydrogen (secondary N) is 1. The normalized spacial score (nSPS) is 15.4. The van der Waals surface area contributed by atoms with Gasteiger partial charge in [-0.2, -0.15) is 0 Å². The molecule has 2 aromatic rings. The summed E-state index contributed by atoms with van der Waals surface area (Å²) in [4.78, 5) is 31.9. The molecule has 1 aromatic carbocycles. The third kappa shape index (κ3) is 4.14. The van der Waals surface area contributed by atoms with Crippen molar-refractivity contribution in [3.05, 3.63) is 47.5 Å². The standard InChI is InChI=1S/C16H18N4O2S/c21-14(18-16-17-6-11-23-16)15(22)20-9-7-19(8-10-20)12-13-4-2-1-3-5-13/h1-6,11H,7-10,12H2,(H,17,18,21). The molecule has 0 spiro atoms. The lowest BCUT2D eigenvalue weighted by atomic mass is 10.2. The molecule has 120 valence electrons. The zero-order valence-corrected chi connectivity index (χ0v) is 13.5. The lowest BCUT2D eigenvalue weighted by Gasteiger charge is -2.34. The lowest BCUT2D eigenvalue weighted by Crippen LogP contribution is -2.51. The van der Waals surface area contributed by atoms with Crippen LogP contribution in [0.1, 0.15) is 5.56 Å². The van der Waals surface area contributed by atoms with E-state index >= 15 is 0 Å². The summed E-state index contributed by atoms with van der Waals surface area (Å²) in [6, 6.07) is 10.2. The van der Waals surface area contributed by atoms with E-state index in [1.807, 2.05) is 18.2 Å². The number of anilines is 1. The molecule has 7 heteroatoms. The van der Waals surface area contributed by atoms with E-state index in [2.05, 4.69) is 27.3 Å². The Bertz CT molecular complexity index is 652. The fraction of sp³-hybridized carbons (Fsp3) is 0.312. The first-order chi connectivity index (χ1) is 11.2. The van der Waals surface area contributed by atoms with Gasteiger partial charge in [-0.25, -0.2) is 4.98 Å². The van der Waals surface area contributed by atoms with Gasteiger partial charge in [0.15, 0.2) is 5.13 Å². The van der Waals surface area contributed by atoms with Crippen molar-refractivity contribution in [3.63, 3.8) is 0 Å². The molecule has 1 saturated heterocycles. The summed E-state index contributed by atoms with van der Waals surface area (Å²) in [7, 11) is 0. The van der Waals surface area contributed by atoms with Crippen LogP contribution in [-0.4, -0.2) is 52.8 Å². The summed E-state index contributed by atoms with van der Waals surface area (Å²) in [5, 5.41) is 4.74. The first-order valence-corrected chi connectivity index (χ1v) is 8.36. The Morgan fingerprint density at radius 3 is 2.52 bits per heavy atom. The van der Waals surface area contributed by atoms with Crippen molar-refractivity contribution < 1.29 is 9.59 Å². The fourth-order valence-electron chi connectivity index (χ4n) is 2.53. The van der Waals surface area contributed by atoms with Gasteiger partial charge in [-0.1, -0.05) is 30.3 Å². The van der Waals surface area contributed by atoms with Gasteiger partial charge in [0, 0.05) is 44.3 Å². The molecule has 1 aliphatic rings. The van der Waals surface area contributed by atoms with Gasteiger partial charge in [0.05, 0.1) is 0 Å². The van der Waals surface area contributed by atoms with Crippen LogP contribution in [0.5, 0.6) is 0 Å². The molecule has 0 radical (unpaired) electrons. The maximum absolute atomic E-state index is 12.2. The molecule has 23 heavy (non-hydrogen) atoms. The third-order valence-electron chi connectivity index (χ3n) is 3.76. The maximum Gasteiger partial charge on any atom is 0.315 e. The van der Waals surface area contributed by atoms with E-state index in [9.17, 15) is 9.59 Å². The summed E-state index contributed by atoms with van der Waals surface area (Å²) in [5.41, 5.74) is 1.26. The number of benzene rings is 1. The molecule has 0 unspecified atom stereocenters. The van der Waals surface area contributed by atoms with Crippen molar-refractivity contribution in [2.24, 2.45) is 0 Å². The van der Waals surface area contributed by atoms with Gasteiger partial charge in [0.25, 0.3) is 0 Å². The van der Waals surface area contributed by atoms with Crippen LogP contribution in [0.2, 0.25) is 0 Å². The SMILES string of the molecule is O=C(Nc1nccs1)C(=O)N1CCN(Cc2ccccc2)CC1. The van der Waals surface area contributed by atoms with Crippen LogP contribution in [0.3, 0.4) is 0 Å². The van der Waals surface area contributed by atoms with Crippen LogP contribution in [-0.2, 0) is 16.1 Å². The van der Waals surface area contributed by atoms with Crippen molar-refractivity contribution in [2.45, 2.75) is 6.54 Å². The van der Waals surface area contributed by atoms with E-state index in [4.69, 9.17) is 0 Å². The highest BCUT2D eigenvalue weighted by molar-refractivity contribution is 7.13. The summed E-state index contributed by atoms with van der Waals surface area (Å²) in [6.07, 6.45) is 1.59. The molecule has 1 aliphatic heterocycles. The van der Waals surface area contributed by atoms with E-state index in [0.717, 1.165) is 19.6 Å². The van der Waals surface area contributed by atoms with Crippen molar-refractivity contribution in [1.82, 2.24) is 14.8 Å². The van der Waals surface area contributed by atoms with Gasteiger partial charge in [-0.3, -0.25) is 19.8 Å². The van der Waals surface area contributed by atoms with Gasteiger partial charge in [0.1, 0.15) is 0 Å². The highest BCUT2D eigenvalue weighted by Crippen LogP contribution is 2.12. The van der Waals surface area contributed by atoms with Crippen molar-refractivity contribution >= 4 is 28.3 Å². The minimum absolute atomic E-state index is 0.450. The first-order valence-electron chi connectivity index (χ1n) is 7.48. The molecular formula is C16H18N4O2S. The molecule has 1 aromatic heterocycles. The highest BCUT2D eigenvalue weighted by Gasteiger charge is 2.26. The van der Waals surface area contributed by atoms with E-state index in [1.54, 1.807) is 16.5 Å². The van der Waals surface area contributed by atoms with Gasteiger partial charge >= 0.3 is 11.8 Å². The average molecular weight is 330 g/mol. The Kier molecular flexibility index (Phi) is 4.99. The Balaban J connectivity index is 1.48. The summed E-state index contributed by atoms with van der Waals surface area (Å²) in [6.45, 7) is 3.54. The molecule has 0 atom stereocenters. The number of piperazine rings is 1. The number of aromatic nitrogens is 1. The number of thiazole rings is 1. The molecule has 0 saturated carbocycles. The number of hydrogen-bond donors (Lipinski definition) is 1. The van der Waals surface area contributed by atoms with E-state index in [1.165, 1.54) is 16.9 Å². The van der Waals surface area contributed by atoms with E-state index < -0.39 is 11.8 Å². The van der Waals surface area contributed by atoms with E-state index in [0.29, 0.717) is 18.2 Å². The molecule has 6 nitrogen and oxygen atoms in total. The molecule has 2 amide bonds. The second-order valence-corrected chi connectivity index (χ2v) is 6.24. The number of rotatable bonds is 3. The Morgan fingerprint density at radius 1 is 1.13 bits per heavy atom. The quantitative estimate of drug-likeness (QED) is 0.865. The molecular weight excluding hydrogens is 312 g/mol. The van der Waals surface area contributed by atoms with Crippen LogP contribution in [0, 0.1) is 0 Å². The van der Waals surface area contributed by atoms with Gasteiger partial charge in [-0.05, 0) is 5.56 Å². The molecule has 0 bridgehead atoms. The fourth-order valence-corrected chi connectivity index (χ4v) is 3.05. The van der Waals surface area contributed by atoms with Crippen LogP contribution < -0.4 is 5.32 Å². The third-order valence-corrected chi connectivity index (χ3v) is 4.44. The second-order valence-electron chi connectivity index (χ2n) is 5.35. The molecule has 0 aliphatic carbocycles. The molecule has 1 N–H and O–H groups in total. The zero-order valence-electron chi connectivity index (χ0n) is 12.6. The predicted octanol–water partition coefficient (Wildman–Crippen LogP) is 1.43. The Hall–Kier alpha value is -2.25. The monoisotopic (exact) mass is 330 g/mol. The Morgan fingerprint density at radius 2 is 1.87 bits per heavy atom. The number of amides is 2. The van der Waals surface area contributed by atoms with E-state index in [-0.39, 0.29) is 0 Å². The largest absolute Gasteiger partial charge is 0.332 e. The molecule has 3 rings (SSSR count). The van der Waals surface area contributed by atoms with Gasteiger partial charge in [0.2, 0.25) is 0 Å². The van der Waals surface area contributed by atoms with Gasteiger partial charge in [-0.15, -0.1) is 11.3 Å². The summed E-state index contributed by atoms with van der Waals surface area (Å²) in [5.74, 6) is -1.10. The lowest BCUT2D eigenvalue weighted by molar-refractivity contribution is -0.144. The number of carbonyl (C=O) groups excluding carboxylic acids is 2. The Labute approximate surface area is 138 Å².